The van der Waals surface area contributed by atoms with Gasteiger partial charge in [0.25, 0.3) is 5.89 Å². The number of ether oxygens (including phenoxy) is 1. The van der Waals surface area contributed by atoms with Crippen molar-refractivity contribution in [1.29, 1.82) is 0 Å². The van der Waals surface area contributed by atoms with Crippen molar-refractivity contribution >= 4 is 11.6 Å². The van der Waals surface area contributed by atoms with Crippen LogP contribution in [0.4, 0.5) is 0 Å². The molecule has 0 amide bonds. The van der Waals surface area contributed by atoms with Gasteiger partial charge >= 0.3 is 0 Å². The highest BCUT2D eigenvalue weighted by Gasteiger charge is 2.31. The third kappa shape index (κ3) is 3.54. The lowest BCUT2D eigenvalue weighted by molar-refractivity contribution is -0.0203. The highest BCUT2D eigenvalue weighted by atomic mass is 35.5. The van der Waals surface area contributed by atoms with E-state index in [1.54, 1.807) is 12.1 Å². The molecular weight excluding hydrogens is 292 g/mol. The van der Waals surface area contributed by atoms with Crippen LogP contribution in [0.25, 0.3) is 11.5 Å². The zero-order valence-corrected chi connectivity index (χ0v) is 13.3. The maximum Gasteiger partial charge on any atom is 0.261 e. The number of hydrogen-bond acceptors (Lipinski definition) is 5. The van der Waals surface area contributed by atoms with Crippen molar-refractivity contribution in [3.63, 3.8) is 0 Å². The van der Waals surface area contributed by atoms with Gasteiger partial charge in [-0.25, -0.2) is 0 Å². The van der Waals surface area contributed by atoms with Gasteiger partial charge in [0.1, 0.15) is 11.9 Å². The third-order valence-corrected chi connectivity index (χ3v) is 3.22. The largest absolute Gasteiger partial charge is 0.507 e. The predicted octanol–water partition coefficient (Wildman–Crippen LogP) is 4.22. The van der Waals surface area contributed by atoms with Gasteiger partial charge in [0.05, 0.1) is 5.56 Å². The molecule has 114 valence electrons. The standard InChI is InChI=1S/C15H19ClN2O3/c1-5-20-12(15(2,3)4)13-17-14(21-18-13)10-7-6-9(16)8-11(10)19/h6-8,12,19H,5H2,1-4H3. The first-order valence-electron chi connectivity index (χ1n) is 6.77. The van der Waals surface area contributed by atoms with E-state index in [1.165, 1.54) is 6.07 Å². The van der Waals surface area contributed by atoms with Crippen LogP contribution >= 0.6 is 11.6 Å². The topological polar surface area (TPSA) is 68.4 Å². The lowest BCUT2D eigenvalue weighted by atomic mass is 9.88. The molecule has 0 spiro atoms. The molecule has 1 heterocycles. The quantitative estimate of drug-likeness (QED) is 0.915. The van der Waals surface area contributed by atoms with Gasteiger partial charge in [-0.05, 0) is 30.5 Å². The van der Waals surface area contributed by atoms with Crippen LogP contribution in [-0.2, 0) is 4.74 Å². The Bertz CT molecular complexity index is 620. The molecule has 0 fully saturated rings. The number of phenols is 1. The van der Waals surface area contributed by atoms with Gasteiger partial charge in [0.15, 0.2) is 0 Å². The summed E-state index contributed by atoms with van der Waals surface area (Å²) in [6, 6.07) is 4.73. The summed E-state index contributed by atoms with van der Waals surface area (Å²) in [5, 5.41) is 14.3. The predicted molar refractivity (Wildman–Crippen MR) is 80.2 cm³/mol. The Morgan fingerprint density at radius 2 is 2.10 bits per heavy atom. The molecule has 2 aromatic rings. The highest BCUT2D eigenvalue weighted by Crippen LogP contribution is 2.36. The van der Waals surface area contributed by atoms with E-state index >= 15 is 0 Å². The molecule has 0 radical (unpaired) electrons. The van der Waals surface area contributed by atoms with E-state index in [0.29, 0.717) is 23.0 Å². The van der Waals surface area contributed by atoms with Crippen LogP contribution in [0.1, 0.15) is 39.6 Å². The maximum absolute atomic E-state index is 9.91. The molecule has 0 aliphatic heterocycles. The number of hydrogen-bond donors (Lipinski definition) is 1. The molecule has 0 bridgehead atoms. The summed E-state index contributed by atoms with van der Waals surface area (Å²) in [4.78, 5) is 4.35. The van der Waals surface area contributed by atoms with E-state index in [0.717, 1.165) is 0 Å². The molecule has 1 unspecified atom stereocenters. The molecule has 1 aromatic carbocycles. The molecule has 21 heavy (non-hydrogen) atoms. The lowest BCUT2D eigenvalue weighted by Crippen LogP contribution is -2.22. The maximum atomic E-state index is 9.91. The molecule has 0 aliphatic rings. The molecule has 0 aliphatic carbocycles. The van der Waals surface area contributed by atoms with Crippen LogP contribution in [0.15, 0.2) is 22.7 Å². The minimum Gasteiger partial charge on any atom is -0.507 e. The Hall–Kier alpha value is -1.59. The van der Waals surface area contributed by atoms with Crippen molar-refractivity contribution < 1.29 is 14.4 Å². The molecule has 5 nitrogen and oxygen atoms in total. The van der Waals surface area contributed by atoms with Crippen LogP contribution in [0.3, 0.4) is 0 Å². The molecule has 1 N–H and O–H groups in total. The fraction of sp³-hybridized carbons (Fsp3) is 0.467. The zero-order chi connectivity index (χ0) is 15.6. The minimum absolute atomic E-state index is 0.00131. The number of halogens is 1. The SMILES string of the molecule is CCOC(c1noc(-c2ccc(Cl)cc2O)n1)C(C)(C)C. The van der Waals surface area contributed by atoms with E-state index in [1.807, 2.05) is 27.7 Å². The molecule has 0 saturated heterocycles. The van der Waals surface area contributed by atoms with Gasteiger partial charge in [0, 0.05) is 11.6 Å². The van der Waals surface area contributed by atoms with E-state index in [9.17, 15) is 5.11 Å². The second kappa shape index (κ2) is 6.03. The number of nitrogens with zero attached hydrogens (tertiary/aromatic N) is 2. The summed E-state index contributed by atoms with van der Waals surface area (Å²) in [5.74, 6) is 0.711. The van der Waals surface area contributed by atoms with Crippen molar-refractivity contribution in [2.75, 3.05) is 6.61 Å². The smallest absolute Gasteiger partial charge is 0.261 e. The van der Waals surface area contributed by atoms with Crippen LogP contribution in [0, 0.1) is 5.41 Å². The number of phenolic OH excluding ortho intramolecular Hbond substituents is 1. The van der Waals surface area contributed by atoms with Gasteiger partial charge in [-0.3, -0.25) is 0 Å². The van der Waals surface area contributed by atoms with E-state index < -0.39 is 0 Å². The molecule has 2 rings (SSSR count). The number of aromatic nitrogens is 2. The number of benzene rings is 1. The average Bonchev–Trinajstić information content (AvgIpc) is 2.83. The lowest BCUT2D eigenvalue weighted by Gasteiger charge is -2.27. The third-order valence-electron chi connectivity index (χ3n) is 2.99. The van der Waals surface area contributed by atoms with Crippen molar-refractivity contribution in [2.45, 2.75) is 33.8 Å². The number of aromatic hydroxyl groups is 1. The molecule has 1 atom stereocenters. The Balaban J connectivity index is 2.36. The highest BCUT2D eigenvalue weighted by molar-refractivity contribution is 6.30. The summed E-state index contributed by atoms with van der Waals surface area (Å²) >= 11 is 5.81. The minimum atomic E-state index is -0.283. The molecule has 6 heteroatoms. The van der Waals surface area contributed by atoms with Gasteiger partial charge < -0.3 is 14.4 Å². The first kappa shape index (κ1) is 15.8. The molecule has 0 saturated carbocycles. The van der Waals surface area contributed by atoms with Crippen LogP contribution in [-0.4, -0.2) is 21.9 Å². The van der Waals surface area contributed by atoms with Gasteiger partial charge in [0.2, 0.25) is 5.82 Å². The van der Waals surface area contributed by atoms with Crippen molar-refractivity contribution in [2.24, 2.45) is 5.41 Å². The average molecular weight is 311 g/mol. The van der Waals surface area contributed by atoms with Crippen LogP contribution < -0.4 is 0 Å². The summed E-state index contributed by atoms with van der Waals surface area (Å²) in [6.07, 6.45) is -0.283. The zero-order valence-electron chi connectivity index (χ0n) is 12.6. The van der Waals surface area contributed by atoms with Gasteiger partial charge in [-0.2, -0.15) is 4.98 Å². The normalized spacial score (nSPS) is 13.4. The fourth-order valence-electron chi connectivity index (χ4n) is 2.01. The van der Waals surface area contributed by atoms with Crippen molar-refractivity contribution in [3.8, 4) is 17.2 Å². The summed E-state index contributed by atoms with van der Waals surface area (Å²) in [7, 11) is 0. The van der Waals surface area contributed by atoms with Gasteiger partial charge in [-0.15, -0.1) is 0 Å². The second-order valence-electron chi connectivity index (χ2n) is 5.82. The monoisotopic (exact) mass is 310 g/mol. The number of rotatable bonds is 4. The Morgan fingerprint density at radius 1 is 1.38 bits per heavy atom. The summed E-state index contributed by atoms with van der Waals surface area (Å²) in [6.45, 7) is 8.61. The van der Waals surface area contributed by atoms with E-state index in [4.69, 9.17) is 20.9 Å². The molecule has 1 aromatic heterocycles. The summed E-state index contributed by atoms with van der Waals surface area (Å²) < 4.78 is 11.0. The Labute approximate surface area is 128 Å². The Morgan fingerprint density at radius 3 is 2.67 bits per heavy atom. The first-order valence-corrected chi connectivity index (χ1v) is 7.14. The Kier molecular flexibility index (Phi) is 4.54. The van der Waals surface area contributed by atoms with E-state index in [-0.39, 0.29) is 23.2 Å². The molecular formula is C15H19ClN2O3. The van der Waals surface area contributed by atoms with Crippen molar-refractivity contribution in [1.82, 2.24) is 10.1 Å². The van der Waals surface area contributed by atoms with Gasteiger partial charge in [-0.1, -0.05) is 37.5 Å². The summed E-state index contributed by atoms with van der Waals surface area (Å²) in [5.41, 5.74) is 0.279. The van der Waals surface area contributed by atoms with Crippen molar-refractivity contribution in [3.05, 3.63) is 29.0 Å². The van der Waals surface area contributed by atoms with Crippen LogP contribution in [0.2, 0.25) is 5.02 Å². The fourth-order valence-corrected chi connectivity index (χ4v) is 2.18. The van der Waals surface area contributed by atoms with Crippen LogP contribution in [0.5, 0.6) is 5.75 Å². The first-order chi connectivity index (χ1) is 9.82. The van der Waals surface area contributed by atoms with E-state index in [2.05, 4.69) is 10.1 Å². The second-order valence-corrected chi connectivity index (χ2v) is 6.26.